The van der Waals surface area contributed by atoms with Gasteiger partial charge in [-0.05, 0) is 18.6 Å². The minimum Gasteiger partial charge on any atom is -0.392 e. The monoisotopic (exact) mass is 279 g/mol. The van der Waals surface area contributed by atoms with Crippen molar-refractivity contribution in [1.29, 1.82) is 0 Å². The van der Waals surface area contributed by atoms with Gasteiger partial charge in [0.1, 0.15) is 5.65 Å². The third kappa shape index (κ3) is 2.63. The Kier molecular flexibility index (Phi) is 3.26. The van der Waals surface area contributed by atoms with Crippen molar-refractivity contribution in [3.8, 4) is 0 Å². The standard InChI is InChI=1S/C13H14ClN3O2/c14-9-1-2-12-15-10(5-13(19)17(12)6-9)7-16-4-3-11(18)8-16/h1-2,5-6,11,18H,3-4,7-8H2. The summed E-state index contributed by atoms with van der Waals surface area (Å²) in [6, 6.07) is 4.97. The number of β-amino-alcohol motifs (C(OH)–C–C–N with tert-alkyl or cyclic N) is 1. The van der Waals surface area contributed by atoms with Crippen molar-refractivity contribution in [2.75, 3.05) is 13.1 Å². The Balaban J connectivity index is 1.93. The van der Waals surface area contributed by atoms with Crippen molar-refractivity contribution in [1.82, 2.24) is 14.3 Å². The lowest BCUT2D eigenvalue weighted by Gasteiger charge is -2.14. The van der Waals surface area contributed by atoms with E-state index >= 15 is 0 Å². The van der Waals surface area contributed by atoms with E-state index in [9.17, 15) is 9.90 Å². The van der Waals surface area contributed by atoms with Crippen LogP contribution in [-0.4, -0.2) is 38.6 Å². The van der Waals surface area contributed by atoms with Gasteiger partial charge in [-0.1, -0.05) is 11.6 Å². The fourth-order valence-electron chi connectivity index (χ4n) is 2.39. The Morgan fingerprint density at radius 2 is 2.32 bits per heavy atom. The van der Waals surface area contributed by atoms with Gasteiger partial charge >= 0.3 is 0 Å². The normalized spacial score (nSPS) is 20.2. The second kappa shape index (κ2) is 4.92. The summed E-state index contributed by atoms with van der Waals surface area (Å²) >= 11 is 5.86. The van der Waals surface area contributed by atoms with Gasteiger partial charge in [-0.2, -0.15) is 0 Å². The Hall–Kier alpha value is -1.43. The van der Waals surface area contributed by atoms with E-state index in [1.165, 1.54) is 10.5 Å². The van der Waals surface area contributed by atoms with Gasteiger partial charge in [-0.15, -0.1) is 0 Å². The molecule has 0 saturated carbocycles. The van der Waals surface area contributed by atoms with E-state index in [1.54, 1.807) is 18.3 Å². The molecule has 0 spiro atoms. The number of aliphatic hydroxyl groups excluding tert-OH is 1. The highest BCUT2D eigenvalue weighted by Crippen LogP contribution is 2.13. The van der Waals surface area contributed by atoms with E-state index in [0.29, 0.717) is 23.8 Å². The quantitative estimate of drug-likeness (QED) is 0.888. The van der Waals surface area contributed by atoms with E-state index in [1.807, 2.05) is 0 Å². The second-order valence-electron chi connectivity index (χ2n) is 4.84. The summed E-state index contributed by atoms with van der Waals surface area (Å²) in [6.45, 7) is 2.07. The van der Waals surface area contributed by atoms with Crippen LogP contribution in [-0.2, 0) is 6.54 Å². The molecule has 19 heavy (non-hydrogen) atoms. The molecule has 0 bridgehead atoms. The first-order valence-electron chi connectivity index (χ1n) is 6.20. The van der Waals surface area contributed by atoms with E-state index in [2.05, 4.69) is 9.88 Å². The molecule has 1 fully saturated rings. The van der Waals surface area contributed by atoms with Crippen LogP contribution in [0.25, 0.3) is 5.65 Å². The molecule has 1 unspecified atom stereocenters. The lowest BCUT2D eigenvalue weighted by atomic mass is 10.3. The van der Waals surface area contributed by atoms with Crippen LogP contribution in [0.5, 0.6) is 0 Å². The molecular formula is C13H14ClN3O2. The highest BCUT2D eigenvalue weighted by molar-refractivity contribution is 6.30. The van der Waals surface area contributed by atoms with Crippen molar-refractivity contribution in [3.05, 3.63) is 45.5 Å². The minimum absolute atomic E-state index is 0.137. The van der Waals surface area contributed by atoms with Crippen LogP contribution in [0.4, 0.5) is 0 Å². The van der Waals surface area contributed by atoms with Crippen molar-refractivity contribution in [2.45, 2.75) is 19.1 Å². The van der Waals surface area contributed by atoms with E-state index in [4.69, 9.17) is 11.6 Å². The van der Waals surface area contributed by atoms with Crippen molar-refractivity contribution in [3.63, 3.8) is 0 Å². The number of hydrogen-bond donors (Lipinski definition) is 1. The van der Waals surface area contributed by atoms with Crippen molar-refractivity contribution < 1.29 is 5.11 Å². The molecule has 0 aromatic carbocycles. The van der Waals surface area contributed by atoms with Crippen LogP contribution < -0.4 is 5.56 Å². The molecule has 1 N–H and O–H groups in total. The zero-order valence-corrected chi connectivity index (χ0v) is 11.0. The number of hydrogen-bond acceptors (Lipinski definition) is 4. The first kappa shape index (κ1) is 12.6. The number of likely N-dealkylation sites (tertiary alicyclic amines) is 1. The molecule has 6 heteroatoms. The first-order chi connectivity index (χ1) is 9.11. The third-order valence-electron chi connectivity index (χ3n) is 3.31. The molecule has 1 atom stereocenters. The zero-order chi connectivity index (χ0) is 13.4. The number of halogens is 1. The number of fused-ring (bicyclic) bond motifs is 1. The van der Waals surface area contributed by atoms with E-state index < -0.39 is 0 Å². The van der Waals surface area contributed by atoms with E-state index in [0.717, 1.165) is 18.7 Å². The Labute approximate surface area is 115 Å². The van der Waals surface area contributed by atoms with Gasteiger partial charge in [0.05, 0.1) is 16.8 Å². The van der Waals surface area contributed by atoms with Crippen LogP contribution in [0.15, 0.2) is 29.2 Å². The number of rotatable bonds is 2. The molecule has 3 rings (SSSR count). The lowest BCUT2D eigenvalue weighted by Crippen LogP contribution is -2.24. The van der Waals surface area contributed by atoms with Gasteiger partial charge in [-0.3, -0.25) is 14.1 Å². The molecule has 1 aliphatic heterocycles. The third-order valence-corrected chi connectivity index (χ3v) is 3.53. The van der Waals surface area contributed by atoms with Crippen LogP contribution in [0.1, 0.15) is 12.1 Å². The summed E-state index contributed by atoms with van der Waals surface area (Å²) < 4.78 is 1.44. The summed E-state index contributed by atoms with van der Waals surface area (Å²) in [5.74, 6) is 0. The number of nitrogens with zero attached hydrogens (tertiary/aromatic N) is 3. The highest BCUT2D eigenvalue weighted by atomic mass is 35.5. The van der Waals surface area contributed by atoms with Crippen LogP contribution in [0, 0.1) is 0 Å². The van der Waals surface area contributed by atoms with Gasteiger partial charge in [0.15, 0.2) is 0 Å². The Bertz CT molecular complexity index is 670. The Morgan fingerprint density at radius 3 is 3.05 bits per heavy atom. The SMILES string of the molecule is O=c1cc(CN2CCC(O)C2)nc2ccc(Cl)cn12. The summed E-state index contributed by atoms with van der Waals surface area (Å²) in [6.07, 6.45) is 2.08. The van der Waals surface area contributed by atoms with Crippen LogP contribution in [0.3, 0.4) is 0 Å². The first-order valence-corrected chi connectivity index (χ1v) is 6.58. The summed E-state index contributed by atoms with van der Waals surface area (Å²) in [4.78, 5) is 18.5. The fraction of sp³-hybridized carbons (Fsp3) is 0.385. The maximum Gasteiger partial charge on any atom is 0.258 e. The molecule has 0 radical (unpaired) electrons. The molecule has 5 nitrogen and oxygen atoms in total. The fourth-order valence-corrected chi connectivity index (χ4v) is 2.55. The van der Waals surface area contributed by atoms with Crippen molar-refractivity contribution >= 4 is 17.2 Å². The molecule has 0 amide bonds. The molecule has 1 aliphatic rings. The molecule has 2 aromatic rings. The maximum atomic E-state index is 12.0. The van der Waals surface area contributed by atoms with Gasteiger partial charge in [-0.25, -0.2) is 4.98 Å². The lowest BCUT2D eigenvalue weighted by molar-refractivity contribution is 0.174. The highest BCUT2D eigenvalue weighted by Gasteiger charge is 2.20. The predicted octanol–water partition coefficient (Wildman–Crippen LogP) is 0.914. The topological polar surface area (TPSA) is 57.8 Å². The molecule has 1 saturated heterocycles. The average Bonchev–Trinajstić information content (AvgIpc) is 2.76. The zero-order valence-electron chi connectivity index (χ0n) is 10.3. The smallest absolute Gasteiger partial charge is 0.258 e. The van der Waals surface area contributed by atoms with E-state index in [-0.39, 0.29) is 11.7 Å². The van der Waals surface area contributed by atoms with Crippen LogP contribution in [0.2, 0.25) is 5.02 Å². The Morgan fingerprint density at radius 1 is 1.47 bits per heavy atom. The molecule has 3 heterocycles. The van der Waals surface area contributed by atoms with Crippen LogP contribution >= 0.6 is 11.6 Å². The number of aliphatic hydroxyl groups is 1. The van der Waals surface area contributed by atoms with Gasteiger partial charge in [0.25, 0.3) is 5.56 Å². The molecule has 2 aromatic heterocycles. The molecular weight excluding hydrogens is 266 g/mol. The van der Waals surface area contributed by atoms with Crippen molar-refractivity contribution in [2.24, 2.45) is 0 Å². The summed E-state index contributed by atoms with van der Waals surface area (Å²) in [7, 11) is 0. The van der Waals surface area contributed by atoms with Gasteiger partial charge < -0.3 is 5.11 Å². The molecule has 0 aliphatic carbocycles. The maximum absolute atomic E-state index is 12.0. The van der Waals surface area contributed by atoms with Gasteiger partial charge in [0.2, 0.25) is 0 Å². The number of pyridine rings is 1. The summed E-state index contributed by atoms with van der Waals surface area (Å²) in [5.41, 5.74) is 1.18. The second-order valence-corrected chi connectivity index (χ2v) is 5.28. The largest absolute Gasteiger partial charge is 0.392 e. The minimum atomic E-state index is -0.264. The number of aromatic nitrogens is 2. The molecule has 100 valence electrons. The predicted molar refractivity (Wildman–Crippen MR) is 72.4 cm³/mol. The summed E-state index contributed by atoms with van der Waals surface area (Å²) in [5, 5.41) is 10.00. The average molecular weight is 280 g/mol. The van der Waals surface area contributed by atoms with Gasteiger partial charge in [0, 0.05) is 31.9 Å².